The Morgan fingerprint density at radius 1 is 1.09 bits per heavy atom. The molecule has 0 spiro atoms. The fourth-order valence-corrected chi connectivity index (χ4v) is 2.59. The molecule has 1 heterocycles. The average Bonchev–Trinajstić information content (AvgIpc) is 2.55. The summed E-state index contributed by atoms with van der Waals surface area (Å²) in [4.78, 5) is 9.45. The molecule has 0 aliphatic carbocycles. The van der Waals surface area contributed by atoms with Crippen LogP contribution in [0.15, 0.2) is 36.4 Å². The lowest BCUT2D eigenvalue weighted by Gasteiger charge is -2.10. The Balaban J connectivity index is 2.11. The Bertz CT molecular complexity index is 926. The summed E-state index contributed by atoms with van der Waals surface area (Å²) in [6.45, 7) is 4.43. The predicted molar refractivity (Wildman–Crippen MR) is 96.8 cm³/mol. The molecular weight excluding hydrogens is 306 g/mol. The normalized spacial score (nSPS) is 10.5. The topological polar surface area (TPSA) is 37.8 Å². The van der Waals surface area contributed by atoms with Crippen molar-refractivity contribution in [2.75, 3.05) is 11.9 Å². The van der Waals surface area contributed by atoms with Gasteiger partial charge in [0.2, 0.25) is 0 Å². The molecule has 0 amide bonds. The number of hydrogen-bond donors (Lipinski definition) is 1. The molecule has 3 rings (SSSR count). The first-order chi connectivity index (χ1) is 11.1. The minimum atomic E-state index is 0.480. The van der Waals surface area contributed by atoms with Gasteiger partial charge in [0.1, 0.15) is 0 Å². The average molecular weight is 322 g/mol. The van der Waals surface area contributed by atoms with Gasteiger partial charge in [-0.25, -0.2) is 9.97 Å². The summed E-state index contributed by atoms with van der Waals surface area (Å²) in [6.07, 6.45) is 5.28. The maximum Gasteiger partial charge on any atom is 0.0922 e. The zero-order chi connectivity index (χ0) is 16.4. The zero-order valence-electron chi connectivity index (χ0n) is 13.0. The first kappa shape index (κ1) is 15.3. The van der Waals surface area contributed by atoms with Gasteiger partial charge in [0.25, 0.3) is 0 Å². The Labute approximate surface area is 140 Å². The van der Waals surface area contributed by atoms with Crippen LogP contribution in [-0.2, 0) is 0 Å². The van der Waals surface area contributed by atoms with Crippen molar-refractivity contribution < 1.29 is 0 Å². The van der Waals surface area contributed by atoms with Gasteiger partial charge in [-0.05, 0) is 49.7 Å². The number of anilines is 1. The highest BCUT2D eigenvalue weighted by Gasteiger charge is 2.09. The summed E-state index contributed by atoms with van der Waals surface area (Å²) in [5, 5.41) is 3.91. The molecule has 114 valence electrons. The first-order valence-corrected chi connectivity index (χ1v) is 7.68. The van der Waals surface area contributed by atoms with Crippen LogP contribution in [-0.4, -0.2) is 16.5 Å². The number of benzene rings is 2. The molecule has 2 aromatic carbocycles. The van der Waals surface area contributed by atoms with Gasteiger partial charge < -0.3 is 5.32 Å². The van der Waals surface area contributed by atoms with Crippen molar-refractivity contribution in [2.24, 2.45) is 0 Å². The predicted octanol–water partition coefficient (Wildman–Crippen LogP) is 4.61. The van der Waals surface area contributed by atoms with E-state index in [2.05, 4.69) is 16.2 Å². The van der Waals surface area contributed by atoms with Gasteiger partial charge in [0, 0.05) is 16.3 Å². The van der Waals surface area contributed by atoms with Crippen molar-refractivity contribution in [3.8, 4) is 23.6 Å². The Kier molecular flexibility index (Phi) is 4.18. The summed E-state index contributed by atoms with van der Waals surface area (Å²) >= 11 is 6.11. The molecule has 23 heavy (non-hydrogen) atoms. The SMILES string of the molecule is C#CCNc1ccc2nc(C)c(-c3ccc(Cl)c(C)c3)nc2c1. The molecule has 0 saturated carbocycles. The molecular formula is C19H16ClN3. The van der Waals surface area contributed by atoms with Gasteiger partial charge in [-0.3, -0.25) is 0 Å². The molecule has 3 aromatic rings. The molecule has 0 unspecified atom stereocenters. The largest absolute Gasteiger partial charge is 0.374 e. The van der Waals surface area contributed by atoms with Crippen molar-refractivity contribution in [2.45, 2.75) is 13.8 Å². The lowest BCUT2D eigenvalue weighted by atomic mass is 10.1. The fourth-order valence-electron chi connectivity index (χ4n) is 2.47. The van der Waals surface area contributed by atoms with E-state index in [1.54, 1.807) is 0 Å². The summed E-state index contributed by atoms with van der Waals surface area (Å²) in [5.74, 6) is 2.56. The second-order valence-corrected chi connectivity index (χ2v) is 5.79. The van der Waals surface area contributed by atoms with Crippen molar-refractivity contribution in [1.29, 1.82) is 0 Å². The molecule has 0 aliphatic heterocycles. The fraction of sp³-hybridized carbons (Fsp3) is 0.158. The molecule has 0 radical (unpaired) electrons. The van der Waals surface area contributed by atoms with Crippen molar-refractivity contribution in [3.05, 3.63) is 52.7 Å². The van der Waals surface area contributed by atoms with E-state index in [9.17, 15) is 0 Å². The lowest BCUT2D eigenvalue weighted by Crippen LogP contribution is -1.99. The minimum absolute atomic E-state index is 0.480. The minimum Gasteiger partial charge on any atom is -0.374 e. The quantitative estimate of drug-likeness (QED) is 0.716. The first-order valence-electron chi connectivity index (χ1n) is 7.31. The van der Waals surface area contributed by atoms with Gasteiger partial charge in [0.05, 0.1) is 29.0 Å². The molecule has 0 saturated heterocycles. The molecule has 0 fully saturated rings. The van der Waals surface area contributed by atoms with Gasteiger partial charge in [-0.15, -0.1) is 6.42 Å². The molecule has 3 nitrogen and oxygen atoms in total. The third kappa shape index (κ3) is 3.13. The highest BCUT2D eigenvalue weighted by atomic mass is 35.5. The number of nitrogens with zero attached hydrogens (tertiary/aromatic N) is 2. The highest BCUT2D eigenvalue weighted by Crippen LogP contribution is 2.27. The summed E-state index contributed by atoms with van der Waals surface area (Å²) < 4.78 is 0. The van der Waals surface area contributed by atoms with Gasteiger partial charge in [-0.2, -0.15) is 0 Å². The Hall–Kier alpha value is -2.57. The summed E-state index contributed by atoms with van der Waals surface area (Å²) in [5.41, 5.74) is 6.43. The third-order valence-corrected chi connectivity index (χ3v) is 4.09. The number of aryl methyl sites for hydroxylation is 2. The monoisotopic (exact) mass is 321 g/mol. The maximum atomic E-state index is 6.11. The van der Waals surface area contributed by atoms with Crippen molar-refractivity contribution >= 4 is 28.3 Å². The van der Waals surface area contributed by atoms with E-state index in [-0.39, 0.29) is 0 Å². The van der Waals surface area contributed by atoms with E-state index >= 15 is 0 Å². The van der Waals surface area contributed by atoms with Crippen LogP contribution >= 0.6 is 11.6 Å². The standard InChI is InChI=1S/C19H16ClN3/c1-4-9-21-15-6-8-17-18(11-15)23-19(13(3)22-17)14-5-7-16(20)12(2)10-14/h1,5-8,10-11,21H,9H2,2-3H3. The number of terminal acetylenes is 1. The van der Waals surface area contributed by atoms with E-state index in [1.807, 2.05) is 50.2 Å². The molecule has 0 bridgehead atoms. The van der Waals surface area contributed by atoms with Crippen molar-refractivity contribution in [3.63, 3.8) is 0 Å². The molecule has 1 aromatic heterocycles. The van der Waals surface area contributed by atoms with Gasteiger partial charge in [-0.1, -0.05) is 23.6 Å². The van der Waals surface area contributed by atoms with Crippen LogP contribution in [0.2, 0.25) is 5.02 Å². The number of hydrogen-bond acceptors (Lipinski definition) is 3. The maximum absolute atomic E-state index is 6.11. The van der Waals surface area contributed by atoms with Crippen LogP contribution < -0.4 is 5.32 Å². The number of halogens is 1. The number of rotatable bonds is 3. The zero-order valence-corrected chi connectivity index (χ0v) is 13.8. The molecule has 4 heteroatoms. The van der Waals surface area contributed by atoms with E-state index < -0.39 is 0 Å². The van der Waals surface area contributed by atoms with Crippen LogP contribution in [0, 0.1) is 26.2 Å². The second kappa shape index (κ2) is 6.28. The number of nitrogens with one attached hydrogen (secondary N) is 1. The van der Waals surface area contributed by atoms with Gasteiger partial charge >= 0.3 is 0 Å². The van der Waals surface area contributed by atoms with E-state index in [0.717, 1.165) is 44.3 Å². The number of aromatic nitrogens is 2. The Morgan fingerprint density at radius 2 is 1.91 bits per heavy atom. The molecule has 1 N–H and O–H groups in total. The van der Waals surface area contributed by atoms with E-state index in [4.69, 9.17) is 23.0 Å². The van der Waals surface area contributed by atoms with Crippen LogP contribution in [0.5, 0.6) is 0 Å². The van der Waals surface area contributed by atoms with Crippen LogP contribution in [0.3, 0.4) is 0 Å². The van der Waals surface area contributed by atoms with Crippen molar-refractivity contribution in [1.82, 2.24) is 9.97 Å². The van der Waals surface area contributed by atoms with Gasteiger partial charge in [0.15, 0.2) is 0 Å². The highest BCUT2D eigenvalue weighted by molar-refractivity contribution is 6.31. The number of fused-ring (bicyclic) bond motifs is 1. The molecule has 0 aliphatic rings. The Morgan fingerprint density at radius 3 is 2.65 bits per heavy atom. The smallest absolute Gasteiger partial charge is 0.0922 e. The lowest BCUT2D eigenvalue weighted by molar-refractivity contribution is 1.19. The van der Waals surface area contributed by atoms with E-state index in [1.165, 1.54) is 0 Å². The summed E-state index contributed by atoms with van der Waals surface area (Å²) in [7, 11) is 0. The second-order valence-electron chi connectivity index (χ2n) is 5.38. The van der Waals surface area contributed by atoms with Crippen LogP contribution in [0.1, 0.15) is 11.3 Å². The van der Waals surface area contributed by atoms with E-state index in [0.29, 0.717) is 6.54 Å². The molecule has 0 atom stereocenters. The van der Waals surface area contributed by atoms with Crippen LogP contribution in [0.4, 0.5) is 5.69 Å². The summed E-state index contributed by atoms with van der Waals surface area (Å²) in [6, 6.07) is 11.8. The van der Waals surface area contributed by atoms with Crippen LogP contribution in [0.25, 0.3) is 22.3 Å². The third-order valence-electron chi connectivity index (χ3n) is 3.66.